The monoisotopic (exact) mass is 575 g/mol. The van der Waals surface area contributed by atoms with Crippen molar-refractivity contribution >= 4 is 40.9 Å². The number of ether oxygens (including phenoxy) is 1. The molecule has 0 aliphatic carbocycles. The Labute approximate surface area is 234 Å². The van der Waals surface area contributed by atoms with Gasteiger partial charge < -0.3 is 9.64 Å². The van der Waals surface area contributed by atoms with Gasteiger partial charge in [-0.1, -0.05) is 60.0 Å². The molecule has 200 valence electrons. The molecule has 0 bridgehead atoms. The molecule has 2 aromatic carbocycles. The van der Waals surface area contributed by atoms with E-state index in [0.717, 1.165) is 53.8 Å². The van der Waals surface area contributed by atoms with Crippen LogP contribution in [-0.4, -0.2) is 56.1 Å². The molecule has 12 heteroatoms. The van der Waals surface area contributed by atoms with E-state index in [1.807, 2.05) is 22.8 Å². The molecular weight excluding hydrogens is 548 g/mol. The summed E-state index contributed by atoms with van der Waals surface area (Å²) in [5.74, 6) is 2.30. The first-order chi connectivity index (χ1) is 18.3. The average Bonchev–Trinajstić information content (AvgIpc) is 3.57. The molecular formula is C26H28Cl2FN7OS. The molecule has 1 N–H and O–H groups in total. The number of H-pyrrole nitrogens is 1. The number of piperidine rings is 1. The van der Waals surface area contributed by atoms with Gasteiger partial charge in [-0.2, -0.15) is 5.21 Å². The number of tetrazole rings is 1. The second-order valence-corrected chi connectivity index (χ2v) is 11.5. The van der Waals surface area contributed by atoms with Crippen molar-refractivity contribution in [1.29, 1.82) is 0 Å². The number of aromatic amines is 1. The number of nitrogens with zero attached hydrogens (tertiary/aromatic N) is 6. The van der Waals surface area contributed by atoms with E-state index in [9.17, 15) is 4.39 Å². The molecule has 0 atom stereocenters. The summed E-state index contributed by atoms with van der Waals surface area (Å²) in [6.45, 7) is 5.91. The van der Waals surface area contributed by atoms with Crippen LogP contribution >= 0.6 is 35.0 Å². The van der Waals surface area contributed by atoms with Crippen LogP contribution in [0.1, 0.15) is 37.9 Å². The topological polar surface area (TPSA) is 84.8 Å². The predicted octanol–water partition coefficient (Wildman–Crippen LogP) is 6.17. The fourth-order valence-corrected chi connectivity index (χ4v) is 6.65. The predicted molar refractivity (Wildman–Crippen MR) is 149 cm³/mol. The van der Waals surface area contributed by atoms with E-state index in [0.29, 0.717) is 27.8 Å². The number of imidazole rings is 1. The van der Waals surface area contributed by atoms with E-state index in [1.165, 1.54) is 12.1 Å². The maximum atomic E-state index is 13.9. The van der Waals surface area contributed by atoms with Gasteiger partial charge in [0.05, 0.1) is 17.8 Å². The molecule has 3 heterocycles. The lowest BCUT2D eigenvalue weighted by molar-refractivity contribution is 0.413. The van der Waals surface area contributed by atoms with E-state index in [1.54, 1.807) is 31.0 Å². The molecule has 0 radical (unpaired) electrons. The van der Waals surface area contributed by atoms with Crippen molar-refractivity contribution in [3.63, 3.8) is 0 Å². The van der Waals surface area contributed by atoms with Crippen molar-refractivity contribution in [1.82, 2.24) is 30.2 Å². The first kappa shape index (κ1) is 26.8. The summed E-state index contributed by atoms with van der Waals surface area (Å²) in [5.41, 5.74) is 2.01. The summed E-state index contributed by atoms with van der Waals surface area (Å²) in [7, 11) is 1.59. The van der Waals surface area contributed by atoms with E-state index in [4.69, 9.17) is 32.9 Å². The highest BCUT2D eigenvalue weighted by Gasteiger charge is 2.34. The zero-order chi connectivity index (χ0) is 26.9. The molecule has 1 saturated heterocycles. The fraction of sp³-hybridized carbons (Fsp3) is 0.385. The van der Waals surface area contributed by atoms with Gasteiger partial charge in [-0.3, -0.25) is 4.57 Å². The van der Waals surface area contributed by atoms with E-state index < -0.39 is 5.41 Å². The van der Waals surface area contributed by atoms with Gasteiger partial charge in [0.15, 0.2) is 10.3 Å². The van der Waals surface area contributed by atoms with Crippen molar-refractivity contribution in [3.05, 3.63) is 69.7 Å². The molecule has 8 nitrogen and oxygen atoms in total. The summed E-state index contributed by atoms with van der Waals surface area (Å²) in [6, 6.07) is 12.1. The average molecular weight is 577 g/mol. The maximum Gasteiger partial charge on any atom is 0.265 e. The van der Waals surface area contributed by atoms with Crippen LogP contribution in [0.5, 0.6) is 5.75 Å². The molecule has 5 rings (SSSR count). The van der Waals surface area contributed by atoms with Crippen LogP contribution in [0.3, 0.4) is 0 Å². The minimum atomic E-state index is -0.564. The molecule has 1 fully saturated rings. The summed E-state index contributed by atoms with van der Waals surface area (Å²) >= 11 is 14.8. The third-order valence-corrected chi connectivity index (χ3v) is 8.78. The highest BCUT2D eigenvalue weighted by molar-refractivity contribution is 7.99. The molecule has 0 spiro atoms. The van der Waals surface area contributed by atoms with E-state index in [-0.39, 0.29) is 5.82 Å². The number of halogens is 3. The molecule has 0 unspecified atom stereocenters. The lowest BCUT2D eigenvalue weighted by Crippen LogP contribution is -2.35. The summed E-state index contributed by atoms with van der Waals surface area (Å²) in [5, 5.41) is 16.1. The van der Waals surface area contributed by atoms with Crippen LogP contribution in [0.2, 0.25) is 10.2 Å². The van der Waals surface area contributed by atoms with Crippen LogP contribution in [0.15, 0.2) is 47.6 Å². The van der Waals surface area contributed by atoms with E-state index >= 15 is 0 Å². The van der Waals surface area contributed by atoms with Gasteiger partial charge in [0.2, 0.25) is 0 Å². The number of rotatable bonds is 8. The van der Waals surface area contributed by atoms with Gasteiger partial charge in [0.25, 0.3) is 5.95 Å². The number of hydrogen-bond acceptors (Lipinski definition) is 7. The minimum absolute atomic E-state index is 0.300. The van der Waals surface area contributed by atoms with Gasteiger partial charge in [0.1, 0.15) is 11.6 Å². The summed E-state index contributed by atoms with van der Waals surface area (Å²) < 4.78 is 21.4. The van der Waals surface area contributed by atoms with Crippen molar-refractivity contribution in [2.24, 2.45) is 5.92 Å². The number of benzene rings is 2. The van der Waals surface area contributed by atoms with Gasteiger partial charge >= 0.3 is 0 Å². The standard InChI is InChI=1S/C26H28Cl2FN7OS/c1-26(2,17-4-9-20(27)21(14-17)37-3)22-23(28)30-25(36(22)19-7-5-18(29)6-8-19)38-15-16-10-12-35(13-11-16)24-31-33-34-32-24/h4-9,14,16H,10-13,15H2,1-3H3,(H,31,32,33,34). The Bertz CT molecular complexity index is 1390. The maximum absolute atomic E-state index is 13.9. The Hall–Kier alpha value is -2.82. The van der Waals surface area contributed by atoms with Crippen LogP contribution in [0, 0.1) is 11.7 Å². The number of anilines is 1. The molecule has 0 amide bonds. The van der Waals surface area contributed by atoms with Gasteiger partial charge in [-0.25, -0.2) is 9.37 Å². The van der Waals surface area contributed by atoms with Crippen molar-refractivity contribution in [3.8, 4) is 11.4 Å². The summed E-state index contributed by atoms with van der Waals surface area (Å²) in [4.78, 5) is 6.94. The first-order valence-corrected chi connectivity index (χ1v) is 14.0. The highest BCUT2D eigenvalue weighted by Crippen LogP contribution is 2.42. The fourth-order valence-electron chi connectivity index (χ4n) is 4.81. The van der Waals surface area contributed by atoms with Crippen LogP contribution in [0.25, 0.3) is 5.69 Å². The Morgan fingerprint density at radius 3 is 2.53 bits per heavy atom. The number of nitrogens with one attached hydrogen (secondary N) is 1. The highest BCUT2D eigenvalue weighted by atomic mass is 35.5. The summed E-state index contributed by atoms with van der Waals surface area (Å²) in [6.07, 6.45) is 2.02. The number of aromatic nitrogens is 6. The zero-order valence-electron chi connectivity index (χ0n) is 21.3. The second kappa shape index (κ2) is 11.1. The van der Waals surface area contributed by atoms with Crippen LogP contribution in [-0.2, 0) is 5.41 Å². The Morgan fingerprint density at radius 1 is 1.13 bits per heavy atom. The zero-order valence-corrected chi connectivity index (χ0v) is 23.6. The molecule has 2 aromatic heterocycles. The number of thioether (sulfide) groups is 1. The third-order valence-electron chi connectivity index (χ3n) is 7.03. The lowest BCUT2D eigenvalue weighted by atomic mass is 9.81. The van der Waals surface area contributed by atoms with Crippen molar-refractivity contribution in [2.75, 3.05) is 30.9 Å². The quantitative estimate of drug-likeness (QED) is 0.251. The first-order valence-electron chi connectivity index (χ1n) is 12.3. The van der Waals surface area contributed by atoms with Crippen molar-refractivity contribution < 1.29 is 9.13 Å². The molecule has 0 saturated carbocycles. The Balaban J connectivity index is 1.45. The van der Waals surface area contributed by atoms with Crippen LogP contribution in [0.4, 0.5) is 10.3 Å². The second-order valence-electron chi connectivity index (χ2n) is 9.77. The van der Waals surface area contributed by atoms with Crippen LogP contribution < -0.4 is 9.64 Å². The normalized spacial score (nSPS) is 14.7. The van der Waals surface area contributed by atoms with Gasteiger partial charge in [0, 0.05) is 29.9 Å². The largest absolute Gasteiger partial charge is 0.495 e. The minimum Gasteiger partial charge on any atom is -0.495 e. The van der Waals surface area contributed by atoms with Gasteiger partial charge in [-0.15, -0.1) is 5.10 Å². The van der Waals surface area contributed by atoms with E-state index in [2.05, 4.69) is 39.4 Å². The Morgan fingerprint density at radius 2 is 1.87 bits per heavy atom. The van der Waals surface area contributed by atoms with Gasteiger partial charge in [-0.05, 0) is 65.9 Å². The van der Waals surface area contributed by atoms with Crippen molar-refractivity contribution in [2.45, 2.75) is 37.3 Å². The SMILES string of the molecule is COc1cc(C(C)(C)c2c(Cl)nc(SCC3CCN(c4nn[nH]n4)CC3)n2-c2ccc(F)cc2)ccc1Cl. The lowest BCUT2D eigenvalue weighted by Gasteiger charge is -2.31. The molecule has 1 aliphatic rings. The third kappa shape index (κ3) is 5.34. The number of hydrogen-bond donors (Lipinski definition) is 1. The molecule has 4 aromatic rings. The smallest absolute Gasteiger partial charge is 0.265 e. The molecule has 1 aliphatic heterocycles. The molecule has 38 heavy (non-hydrogen) atoms. The number of methoxy groups -OCH3 is 1. The Kier molecular flexibility index (Phi) is 7.83.